The first kappa shape index (κ1) is 39.2. The monoisotopic (exact) mass is 775 g/mol. The molecule has 4 amide bonds. The first-order valence-corrected chi connectivity index (χ1v) is 24.0. The summed E-state index contributed by atoms with van der Waals surface area (Å²) in [5.74, 6) is -0.539. The molecule has 298 valence electrons. The number of nitrogens with one attached hydrogen (secondary N) is 1. The van der Waals surface area contributed by atoms with Crippen LogP contribution in [-0.4, -0.2) is 120 Å². The van der Waals surface area contributed by atoms with Gasteiger partial charge in [-0.05, 0) is 99.5 Å². The largest absolute Gasteiger partial charge is 0.436 e. The van der Waals surface area contributed by atoms with Crippen molar-refractivity contribution in [1.82, 2.24) is 29.4 Å². The standard InChI is InChI=1S/C41H58FN7O5Si/c1-29-22-30(23-32-26-48(44-38(29)32)28-53-20-21-55(2,3)4)24-37(39(50)46-16-10-34(11-17-46)45-14-6-5-7-15-45)54-41(52)47-18-12-35(13-19-47)49-27-31-8-9-33(42)25-36(31)43-40(49)51/h8-9,22-23,25-26,34-35,37H,5-7,10-21,24,27-28H2,1-4H3,(H,43,51)/t37-/m1/s1. The molecule has 0 unspecified atom stereocenters. The summed E-state index contributed by atoms with van der Waals surface area (Å²) in [6.07, 6.45) is 7.53. The van der Waals surface area contributed by atoms with Crippen molar-refractivity contribution in [2.45, 2.75) is 115 Å². The number of hydrogen-bond acceptors (Lipinski definition) is 7. The molecule has 0 bridgehead atoms. The quantitative estimate of drug-likeness (QED) is 0.168. The fourth-order valence-corrected chi connectivity index (χ4v) is 9.34. The van der Waals surface area contributed by atoms with Gasteiger partial charge in [-0.2, -0.15) is 5.10 Å². The van der Waals surface area contributed by atoms with Gasteiger partial charge in [-0.1, -0.05) is 38.2 Å². The van der Waals surface area contributed by atoms with Crippen molar-refractivity contribution >= 4 is 42.7 Å². The first-order valence-electron chi connectivity index (χ1n) is 20.3. The molecule has 1 N–H and O–H groups in total. The molecule has 1 aromatic heterocycles. The van der Waals surface area contributed by atoms with Crippen molar-refractivity contribution < 1.29 is 28.2 Å². The number of carbonyl (C=O) groups is 3. The van der Waals surface area contributed by atoms with E-state index in [1.54, 1.807) is 15.9 Å². The van der Waals surface area contributed by atoms with Crippen LogP contribution in [0, 0.1) is 12.7 Å². The van der Waals surface area contributed by atoms with Crippen molar-refractivity contribution in [1.29, 1.82) is 0 Å². The van der Waals surface area contributed by atoms with Gasteiger partial charge in [0, 0.05) is 77.5 Å². The lowest BCUT2D eigenvalue weighted by atomic mass is 9.98. The van der Waals surface area contributed by atoms with E-state index >= 15 is 0 Å². The van der Waals surface area contributed by atoms with Crippen LogP contribution in [0.3, 0.4) is 0 Å². The zero-order valence-corrected chi connectivity index (χ0v) is 34.0. The lowest BCUT2D eigenvalue weighted by Crippen LogP contribution is -2.53. The number of hydrogen-bond donors (Lipinski definition) is 1. The zero-order chi connectivity index (χ0) is 38.7. The van der Waals surface area contributed by atoms with E-state index in [0.29, 0.717) is 70.6 Å². The lowest BCUT2D eigenvalue weighted by molar-refractivity contribution is -0.142. The number of amides is 4. The predicted octanol–water partition coefficient (Wildman–Crippen LogP) is 6.83. The Morgan fingerprint density at radius 3 is 2.38 bits per heavy atom. The number of benzene rings is 2. The van der Waals surface area contributed by atoms with Crippen LogP contribution in [0.1, 0.15) is 61.6 Å². The lowest BCUT2D eigenvalue weighted by Gasteiger charge is -2.41. The molecule has 3 fully saturated rings. The second kappa shape index (κ2) is 17.0. The summed E-state index contributed by atoms with van der Waals surface area (Å²) in [5.41, 5.74) is 4.14. The first-order chi connectivity index (χ1) is 26.4. The molecule has 1 atom stereocenters. The molecule has 5 heterocycles. The van der Waals surface area contributed by atoms with Gasteiger partial charge < -0.3 is 34.4 Å². The molecule has 0 aliphatic carbocycles. The maximum atomic E-state index is 14.3. The topological polar surface area (TPSA) is 112 Å². The molecule has 12 nitrogen and oxygen atoms in total. The van der Waals surface area contributed by atoms with E-state index < -0.39 is 26.1 Å². The molecule has 0 spiro atoms. The Labute approximate surface area is 325 Å². The van der Waals surface area contributed by atoms with E-state index in [0.717, 1.165) is 59.6 Å². The molecule has 4 aliphatic heterocycles. The number of halogens is 1. The average molecular weight is 776 g/mol. The van der Waals surface area contributed by atoms with Crippen molar-refractivity contribution in [2.75, 3.05) is 51.2 Å². The molecular formula is C41H58FN7O5Si. The summed E-state index contributed by atoms with van der Waals surface area (Å²) in [7, 11) is -1.19. The minimum absolute atomic E-state index is 0.0813. The Kier molecular flexibility index (Phi) is 12.1. The Hall–Kier alpha value is -4.01. The maximum absolute atomic E-state index is 14.3. The number of nitrogens with zero attached hydrogens (tertiary/aromatic N) is 6. The number of aryl methyl sites for hydroxylation is 1. The number of carbonyl (C=O) groups excluding carboxylic acids is 3. The van der Waals surface area contributed by atoms with Crippen molar-refractivity contribution in [3.05, 3.63) is 59.0 Å². The maximum Gasteiger partial charge on any atom is 0.410 e. The number of anilines is 1. The fraction of sp³-hybridized carbons (Fsp3) is 0.610. The summed E-state index contributed by atoms with van der Waals surface area (Å²) in [5, 5.41) is 8.55. The van der Waals surface area contributed by atoms with Gasteiger partial charge >= 0.3 is 12.1 Å². The number of urea groups is 1. The van der Waals surface area contributed by atoms with Crippen molar-refractivity contribution in [3.8, 4) is 0 Å². The second-order valence-electron chi connectivity index (χ2n) is 17.2. The van der Waals surface area contributed by atoms with Crippen molar-refractivity contribution in [2.24, 2.45) is 0 Å². The molecule has 2 aromatic carbocycles. The Balaban J connectivity index is 1.02. The third-order valence-corrected chi connectivity index (χ3v) is 13.5. The predicted molar refractivity (Wildman–Crippen MR) is 213 cm³/mol. The summed E-state index contributed by atoms with van der Waals surface area (Å²) in [4.78, 5) is 49.0. The highest BCUT2D eigenvalue weighted by Gasteiger charge is 2.37. The van der Waals surface area contributed by atoms with Gasteiger partial charge in [0.05, 0.1) is 11.2 Å². The number of piperidine rings is 3. The minimum Gasteiger partial charge on any atom is -0.436 e. The molecule has 4 aliphatic rings. The van der Waals surface area contributed by atoms with E-state index in [-0.39, 0.29) is 24.4 Å². The van der Waals surface area contributed by atoms with Gasteiger partial charge in [0.2, 0.25) is 0 Å². The molecule has 0 saturated carbocycles. The number of rotatable bonds is 11. The van der Waals surface area contributed by atoms with Crippen LogP contribution in [0.4, 0.5) is 19.7 Å². The van der Waals surface area contributed by atoms with E-state index in [4.69, 9.17) is 14.6 Å². The third-order valence-electron chi connectivity index (χ3n) is 11.8. The van der Waals surface area contributed by atoms with E-state index in [1.165, 1.54) is 31.4 Å². The average Bonchev–Trinajstić information content (AvgIpc) is 3.59. The summed E-state index contributed by atoms with van der Waals surface area (Å²) in [6, 6.07) is 9.78. The number of fused-ring (bicyclic) bond motifs is 2. The summed E-state index contributed by atoms with van der Waals surface area (Å²) >= 11 is 0. The highest BCUT2D eigenvalue weighted by Crippen LogP contribution is 2.30. The molecule has 55 heavy (non-hydrogen) atoms. The van der Waals surface area contributed by atoms with Crippen LogP contribution in [0.2, 0.25) is 25.7 Å². The summed E-state index contributed by atoms with van der Waals surface area (Å²) in [6.45, 7) is 14.9. The smallest absolute Gasteiger partial charge is 0.410 e. The molecule has 14 heteroatoms. The minimum atomic E-state index is -1.19. The zero-order valence-electron chi connectivity index (χ0n) is 33.0. The Bertz CT molecular complexity index is 1840. The van der Waals surface area contributed by atoms with E-state index in [2.05, 4.69) is 29.9 Å². The van der Waals surface area contributed by atoms with Gasteiger partial charge in [0.15, 0.2) is 6.10 Å². The van der Waals surface area contributed by atoms with Crippen LogP contribution in [0.25, 0.3) is 10.9 Å². The van der Waals surface area contributed by atoms with Gasteiger partial charge in [-0.25, -0.2) is 18.7 Å². The third kappa shape index (κ3) is 9.69. The SMILES string of the molecule is Cc1cc(C[C@@H](OC(=O)N2CCC(N3Cc4ccc(F)cc4NC3=O)CC2)C(=O)N2CCC(N3CCCCC3)CC2)cc2cn(COCC[Si](C)(C)C)nc12. The van der Waals surface area contributed by atoms with Gasteiger partial charge in [0.25, 0.3) is 5.91 Å². The number of ether oxygens (including phenoxy) is 2. The van der Waals surface area contributed by atoms with Crippen LogP contribution in [0.15, 0.2) is 36.5 Å². The van der Waals surface area contributed by atoms with Gasteiger partial charge in [-0.15, -0.1) is 0 Å². The van der Waals surface area contributed by atoms with Crippen LogP contribution in [0.5, 0.6) is 0 Å². The number of likely N-dealkylation sites (tertiary alicyclic amines) is 3. The second-order valence-corrected chi connectivity index (χ2v) is 22.8. The van der Waals surface area contributed by atoms with Crippen LogP contribution < -0.4 is 5.32 Å². The normalized spacial score (nSPS) is 19.7. The summed E-state index contributed by atoms with van der Waals surface area (Å²) < 4.78 is 27.7. The highest BCUT2D eigenvalue weighted by atomic mass is 28.3. The van der Waals surface area contributed by atoms with E-state index in [1.807, 2.05) is 34.8 Å². The Morgan fingerprint density at radius 2 is 1.65 bits per heavy atom. The van der Waals surface area contributed by atoms with Crippen LogP contribution >= 0.6 is 0 Å². The Morgan fingerprint density at radius 1 is 0.945 bits per heavy atom. The molecular weight excluding hydrogens is 718 g/mol. The molecule has 3 aromatic rings. The van der Waals surface area contributed by atoms with Crippen LogP contribution in [-0.2, 0) is 34.0 Å². The number of aromatic nitrogens is 2. The van der Waals surface area contributed by atoms with Crippen molar-refractivity contribution in [3.63, 3.8) is 0 Å². The van der Waals surface area contributed by atoms with Gasteiger partial charge in [-0.3, -0.25) is 4.79 Å². The molecule has 7 rings (SSSR count). The van der Waals surface area contributed by atoms with Gasteiger partial charge in [0.1, 0.15) is 12.5 Å². The molecule has 0 radical (unpaired) electrons. The fourth-order valence-electron chi connectivity index (χ4n) is 8.59. The molecule has 3 saturated heterocycles. The highest BCUT2D eigenvalue weighted by molar-refractivity contribution is 6.76. The van der Waals surface area contributed by atoms with E-state index in [9.17, 15) is 18.8 Å².